The lowest BCUT2D eigenvalue weighted by atomic mass is 9.91. The van der Waals surface area contributed by atoms with E-state index in [1.807, 2.05) is 22.6 Å². The third-order valence-corrected chi connectivity index (χ3v) is 4.93. The van der Waals surface area contributed by atoms with Crippen LogP contribution in [0.4, 0.5) is 0 Å². The van der Waals surface area contributed by atoms with E-state index in [9.17, 15) is 4.79 Å². The smallest absolute Gasteiger partial charge is 0.255 e. The van der Waals surface area contributed by atoms with Crippen molar-refractivity contribution in [3.05, 3.63) is 23.5 Å². The molecule has 0 radical (unpaired) electrons. The number of carbonyl (C=O) groups is 1. The Morgan fingerprint density at radius 1 is 1.38 bits per heavy atom. The number of carbonyl (C=O) groups excluding carboxylic acids is 1. The molecule has 3 rings (SSSR count). The first-order valence-corrected chi connectivity index (χ1v) is 8.78. The van der Waals surface area contributed by atoms with Gasteiger partial charge in [0.2, 0.25) is 0 Å². The van der Waals surface area contributed by atoms with Crippen molar-refractivity contribution in [2.24, 2.45) is 11.7 Å². The van der Waals surface area contributed by atoms with E-state index in [4.69, 9.17) is 5.73 Å². The van der Waals surface area contributed by atoms with Crippen molar-refractivity contribution in [3.8, 4) is 0 Å². The second kappa shape index (κ2) is 9.02. The quantitative estimate of drug-likeness (QED) is 0.854. The molecule has 2 N–H and O–H groups in total. The molecule has 1 fully saturated rings. The lowest BCUT2D eigenvalue weighted by molar-refractivity contribution is 0.0575. The predicted octanol–water partition coefficient (Wildman–Crippen LogP) is 3.36. The monoisotopic (exact) mass is 401 g/mol. The normalized spacial score (nSPS) is 20.0. The van der Waals surface area contributed by atoms with Crippen molar-refractivity contribution < 1.29 is 4.79 Å². The second-order valence-corrected chi connectivity index (χ2v) is 7.25. The van der Waals surface area contributed by atoms with E-state index in [1.54, 1.807) is 6.20 Å². The minimum absolute atomic E-state index is 0. The Labute approximate surface area is 167 Å². The van der Waals surface area contributed by atoms with Crippen LogP contribution in [0.5, 0.6) is 0 Å². The number of hydrogen-bond acceptors (Lipinski definition) is 4. The average Bonchev–Trinajstić information content (AvgIpc) is 2.97. The summed E-state index contributed by atoms with van der Waals surface area (Å²) >= 11 is 0. The summed E-state index contributed by atoms with van der Waals surface area (Å²) in [4.78, 5) is 19.8. The maximum absolute atomic E-state index is 13.2. The standard InChI is InChI=1S/C18H27N5O.2ClH/c1-11(2)23-17-16(10-20-23)15(8-13(4)21-17)18(24)22-6-5-12(3)7-14(22)9-19;;/h8,10-12,14H,5-7,9,19H2,1-4H3;2*1H. The highest BCUT2D eigenvalue weighted by Crippen LogP contribution is 2.27. The van der Waals surface area contributed by atoms with E-state index in [0.29, 0.717) is 18.0 Å². The highest BCUT2D eigenvalue weighted by molar-refractivity contribution is 6.05. The Hall–Kier alpha value is -1.37. The van der Waals surface area contributed by atoms with Crippen molar-refractivity contribution in [1.82, 2.24) is 19.7 Å². The molecule has 0 aromatic carbocycles. The van der Waals surface area contributed by atoms with Crippen molar-refractivity contribution in [2.75, 3.05) is 13.1 Å². The van der Waals surface area contributed by atoms with Crippen molar-refractivity contribution in [2.45, 2.75) is 52.6 Å². The third-order valence-electron chi connectivity index (χ3n) is 4.93. The number of pyridine rings is 1. The zero-order valence-electron chi connectivity index (χ0n) is 15.8. The van der Waals surface area contributed by atoms with Crippen LogP contribution in [0.25, 0.3) is 11.0 Å². The molecule has 0 saturated carbocycles. The Bertz CT molecular complexity index is 761. The maximum Gasteiger partial charge on any atom is 0.255 e. The number of rotatable bonds is 3. The van der Waals surface area contributed by atoms with Gasteiger partial charge in [0.05, 0.1) is 17.1 Å². The van der Waals surface area contributed by atoms with Crippen LogP contribution in [0.15, 0.2) is 12.3 Å². The molecule has 2 unspecified atom stereocenters. The van der Waals surface area contributed by atoms with Gasteiger partial charge in [-0.1, -0.05) is 6.92 Å². The van der Waals surface area contributed by atoms with Gasteiger partial charge in [-0.05, 0) is 45.6 Å². The van der Waals surface area contributed by atoms with Gasteiger partial charge in [-0.25, -0.2) is 9.67 Å². The highest BCUT2D eigenvalue weighted by atomic mass is 35.5. The average molecular weight is 402 g/mol. The Kier molecular flexibility index (Phi) is 7.86. The zero-order chi connectivity index (χ0) is 17.4. The number of piperidine rings is 1. The van der Waals surface area contributed by atoms with Crippen LogP contribution in [0.1, 0.15) is 55.7 Å². The second-order valence-electron chi connectivity index (χ2n) is 7.25. The van der Waals surface area contributed by atoms with Crippen molar-refractivity contribution in [1.29, 1.82) is 0 Å². The number of amides is 1. The molecule has 2 aromatic heterocycles. The van der Waals surface area contributed by atoms with E-state index in [0.717, 1.165) is 36.1 Å². The van der Waals surface area contributed by atoms with Crippen LogP contribution < -0.4 is 5.73 Å². The molecule has 1 aliphatic heterocycles. The van der Waals surface area contributed by atoms with E-state index in [1.165, 1.54) is 0 Å². The van der Waals surface area contributed by atoms with Gasteiger partial charge in [-0.2, -0.15) is 5.10 Å². The molecule has 0 spiro atoms. The van der Waals surface area contributed by atoms with Crippen molar-refractivity contribution >= 4 is 41.8 Å². The first-order valence-electron chi connectivity index (χ1n) is 8.78. The topological polar surface area (TPSA) is 77.0 Å². The van der Waals surface area contributed by atoms with Gasteiger partial charge in [0.25, 0.3) is 5.91 Å². The van der Waals surface area contributed by atoms with E-state index >= 15 is 0 Å². The SMILES string of the molecule is Cc1cc(C(=O)N2CCC(C)CC2CN)c2cnn(C(C)C)c2n1.Cl.Cl. The van der Waals surface area contributed by atoms with Crippen LogP contribution in [0, 0.1) is 12.8 Å². The number of hydrogen-bond donors (Lipinski definition) is 1. The van der Waals surface area contributed by atoms with Gasteiger partial charge in [-0.15, -0.1) is 24.8 Å². The Morgan fingerprint density at radius 3 is 2.69 bits per heavy atom. The summed E-state index contributed by atoms with van der Waals surface area (Å²) in [5.41, 5.74) is 8.24. The van der Waals surface area contributed by atoms with Crippen LogP contribution in [-0.4, -0.2) is 44.7 Å². The molecule has 0 aliphatic carbocycles. The molecule has 2 atom stereocenters. The van der Waals surface area contributed by atoms with Gasteiger partial charge in [0.15, 0.2) is 5.65 Å². The number of halogens is 2. The first kappa shape index (κ1) is 22.7. The Morgan fingerprint density at radius 2 is 2.08 bits per heavy atom. The zero-order valence-corrected chi connectivity index (χ0v) is 17.4. The van der Waals surface area contributed by atoms with E-state index in [-0.39, 0.29) is 42.8 Å². The molecule has 3 heterocycles. The molecule has 26 heavy (non-hydrogen) atoms. The summed E-state index contributed by atoms with van der Waals surface area (Å²) in [6.07, 6.45) is 3.76. The van der Waals surface area contributed by atoms with Crippen LogP contribution >= 0.6 is 24.8 Å². The lowest BCUT2D eigenvalue weighted by Gasteiger charge is -2.38. The minimum Gasteiger partial charge on any atom is -0.334 e. The van der Waals surface area contributed by atoms with Crippen LogP contribution in [0.3, 0.4) is 0 Å². The van der Waals surface area contributed by atoms with Gasteiger partial charge in [-0.3, -0.25) is 4.79 Å². The molecule has 1 saturated heterocycles. The number of nitrogens with zero attached hydrogens (tertiary/aromatic N) is 4. The molecule has 1 amide bonds. The number of fused-ring (bicyclic) bond motifs is 1. The molecule has 1 aliphatic rings. The summed E-state index contributed by atoms with van der Waals surface area (Å²) < 4.78 is 1.87. The number of nitrogens with two attached hydrogens (primary N) is 1. The van der Waals surface area contributed by atoms with Crippen LogP contribution in [-0.2, 0) is 0 Å². The largest absolute Gasteiger partial charge is 0.334 e. The highest BCUT2D eigenvalue weighted by Gasteiger charge is 2.31. The molecule has 0 bridgehead atoms. The fourth-order valence-electron chi connectivity index (χ4n) is 3.60. The van der Waals surface area contributed by atoms with Crippen molar-refractivity contribution in [3.63, 3.8) is 0 Å². The maximum atomic E-state index is 13.2. The summed E-state index contributed by atoms with van der Waals surface area (Å²) in [5.74, 6) is 0.668. The molecular weight excluding hydrogens is 373 g/mol. The van der Waals surface area contributed by atoms with Crippen LogP contribution in [0.2, 0.25) is 0 Å². The number of aromatic nitrogens is 3. The molecule has 2 aromatic rings. The first-order chi connectivity index (χ1) is 11.4. The molecular formula is C18H29Cl2N5O. The third kappa shape index (κ3) is 4.13. The van der Waals surface area contributed by atoms with Gasteiger partial charge in [0.1, 0.15) is 0 Å². The van der Waals surface area contributed by atoms with Gasteiger partial charge < -0.3 is 10.6 Å². The summed E-state index contributed by atoms with van der Waals surface area (Å²) in [7, 11) is 0. The fraction of sp³-hybridized carbons (Fsp3) is 0.611. The van der Waals surface area contributed by atoms with E-state index in [2.05, 4.69) is 30.9 Å². The minimum atomic E-state index is 0. The molecule has 6 nitrogen and oxygen atoms in total. The summed E-state index contributed by atoms with van der Waals surface area (Å²) in [5, 5.41) is 5.26. The fourth-order valence-corrected chi connectivity index (χ4v) is 3.60. The summed E-state index contributed by atoms with van der Waals surface area (Å²) in [6.45, 7) is 9.55. The predicted molar refractivity (Wildman–Crippen MR) is 109 cm³/mol. The number of likely N-dealkylation sites (tertiary alicyclic amines) is 1. The summed E-state index contributed by atoms with van der Waals surface area (Å²) in [6, 6.07) is 2.19. The molecule has 146 valence electrons. The Balaban J connectivity index is 0.00000169. The lowest BCUT2D eigenvalue weighted by Crippen LogP contribution is -2.49. The van der Waals surface area contributed by atoms with E-state index < -0.39 is 0 Å². The van der Waals surface area contributed by atoms with Gasteiger partial charge >= 0.3 is 0 Å². The number of aryl methyl sites for hydroxylation is 1. The van der Waals surface area contributed by atoms with Gasteiger partial charge in [0, 0.05) is 30.9 Å². The molecule has 8 heteroatoms.